The van der Waals surface area contributed by atoms with Crippen molar-refractivity contribution in [2.24, 2.45) is 0 Å². The lowest BCUT2D eigenvalue weighted by atomic mass is 9.89. The Morgan fingerprint density at radius 2 is 2.00 bits per heavy atom. The molecular formula is C32H34BrN3O7S. The summed E-state index contributed by atoms with van der Waals surface area (Å²) in [4.78, 5) is 42.6. The van der Waals surface area contributed by atoms with Gasteiger partial charge >= 0.3 is 5.97 Å². The summed E-state index contributed by atoms with van der Waals surface area (Å²) in [6, 6.07) is 11.3. The van der Waals surface area contributed by atoms with Crippen LogP contribution in [0.1, 0.15) is 38.8 Å². The molecule has 44 heavy (non-hydrogen) atoms. The molecule has 3 heterocycles. The van der Waals surface area contributed by atoms with E-state index in [0.717, 1.165) is 39.7 Å². The van der Waals surface area contributed by atoms with Gasteiger partial charge in [0.25, 0.3) is 11.8 Å². The van der Waals surface area contributed by atoms with Gasteiger partial charge in [-0.2, -0.15) is 0 Å². The molecule has 2 amide bonds. The highest BCUT2D eigenvalue weighted by Gasteiger charge is 2.54. The van der Waals surface area contributed by atoms with E-state index in [9.17, 15) is 19.5 Å². The minimum Gasteiger partial charge on any atom is -0.484 e. The van der Waals surface area contributed by atoms with Crippen LogP contribution in [0.5, 0.6) is 5.75 Å². The number of thioether (sulfide) groups is 1. The van der Waals surface area contributed by atoms with Crippen LogP contribution in [0.3, 0.4) is 0 Å². The van der Waals surface area contributed by atoms with Gasteiger partial charge in [0, 0.05) is 44.9 Å². The third-order valence-corrected chi connectivity index (χ3v) is 9.62. The van der Waals surface area contributed by atoms with Crippen LogP contribution in [-0.2, 0) is 36.7 Å². The quantitative estimate of drug-likeness (QED) is 0.181. The normalized spacial score (nSPS) is 20.0. The Bertz CT molecular complexity index is 1690. The van der Waals surface area contributed by atoms with Crippen LogP contribution < -0.4 is 10.1 Å². The summed E-state index contributed by atoms with van der Waals surface area (Å²) in [5.41, 5.74) is 5.94. The number of benzene rings is 2. The molecule has 3 atom stereocenters. The maximum Gasteiger partial charge on any atom is 0.302 e. The van der Waals surface area contributed by atoms with E-state index in [-0.39, 0.29) is 24.8 Å². The molecule has 3 aromatic rings. The van der Waals surface area contributed by atoms with Crippen molar-refractivity contribution in [3.63, 3.8) is 0 Å². The predicted octanol–water partition coefficient (Wildman–Crippen LogP) is 4.43. The van der Waals surface area contributed by atoms with Crippen LogP contribution in [0.2, 0.25) is 0 Å². The van der Waals surface area contributed by atoms with Crippen LogP contribution >= 0.6 is 27.7 Å². The Kier molecular flexibility index (Phi) is 8.29. The number of aliphatic hydroxyl groups is 1. The zero-order chi connectivity index (χ0) is 31.3. The summed E-state index contributed by atoms with van der Waals surface area (Å²) in [6.07, 6.45) is 0.354. The SMILES string of the molecule is CC(=O)OCC1=C(C(O)OC(C)(C)C)N2C(=O)C(NC(=O)COc3ccc4c(c3)CCc3c-4[nH]c4ccc(Br)cc34)C2SC1. The van der Waals surface area contributed by atoms with E-state index in [0.29, 0.717) is 17.1 Å². The molecule has 0 spiro atoms. The number of fused-ring (bicyclic) bond motifs is 6. The van der Waals surface area contributed by atoms with Crippen molar-refractivity contribution in [2.45, 2.75) is 63.8 Å². The number of H-pyrrole nitrogens is 1. The molecule has 1 aliphatic carbocycles. The number of hydrogen-bond donors (Lipinski definition) is 3. The van der Waals surface area contributed by atoms with Gasteiger partial charge in [-0.1, -0.05) is 15.9 Å². The topological polar surface area (TPSA) is 130 Å². The third kappa shape index (κ3) is 6.00. The minimum atomic E-state index is -1.40. The lowest BCUT2D eigenvalue weighted by Crippen LogP contribution is -2.71. The van der Waals surface area contributed by atoms with Crippen LogP contribution in [0, 0.1) is 0 Å². The molecule has 0 bridgehead atoms. The highest BCUT2D eigenvalue weighted by atomic mass is 79.9. The smallest absolute Gasteiger partial charge is 0.302 e. The maximum absolute atomic E-state index is 13.3. The number of carbonyl (C=O) groups is 3. The average molecular weight is 685 g/mol. The van der Waals surface area contributed by atoms with Gasteiger partial charge < -0.3 is 29.6 Å². The van der Waals surface area contributed by atoms with Gasteiger partial charge in [0.2, 0.25) is 0 Å². The number of aryl methyl sites for hydroxylation is 2. The second-order valence-corrected chi connectivity index (χ2v) is 14.1. The van der Waals surface area contributed by atoms with Crippen molar-refractivity contribution >= 4 is 56.4 Å². The fourth-order valence-electron chi connectivity index (χ4n) is 5.89. The van der Waals surface area contributed by atoms with E-state index >= 15 is 0 Å². The molecule has 12 heteroatoms. The summed E-state index contributed by atoms with van der Waals surface area (Å²) < 4.78 is 17.8. The lowest BCUT2D eigenvalue weighted by Gasteiger charge is -2.51. The zero-order valence-corrected chi connectivity index (χ0v) is 27.3. The summed E-state index contributed by atoms with van der Waals surface area (Å²) in [6.45, 7) is 6.36. The van der Waals surface area contributed by atoms with Crippen molar-refractivity contribution in [3.8, 4) is 17.0 Å². The Hall–Kier alpha value is -3.32. The Balaban J connectivity index is 1.10. The molecule has 0 saturated carbocycles. The molecule has 232 valence electrons. The van der Waals surface area contributed by atoms with Crippen molar-refractivity contribution in [1.29, 1.82) is 0 Å². The Labute approximate surface area is 267 Å². The van der Waals surface area contributed by atoms with Crippen LogP contribution in [0.25, 0.3) is 22.2 Å². The molecule has 3 N–H and O–H groups in total. The molecule has 1 saturated heterocycles. The molecule has 2 aromatic carbocycles. The van der Waals surface area contributed by atoms with Crippen molar-refractivity contribution in [3.05, 3.63) is 63.3 Å². The number of rotatable bonds is 8. The van der Waals surface area contributed by atoms with Crippen molar-refractivity contribution in [1.82, 2.24) is 15.2 Å². The number of aromatic nitrogens is 1. The first-order chi connectivity index (χ1) is 20.9. The van der Waals surface area contributed by atoms with Gasteiger partial charge in [-0.25, -0.2) is 0 Å². The first-order valence-corrected chi connectivity index (χ1v) is 16.2. The highest BCUT2D eigenvalue weighted by molar-refractivity contribution is 9.10. The summed E-state index contributed by atoms with van der Waals surface area (Å²) in [5, 5.41) is 14.5. The van der Waals surface area contributed by atoms with E-state index in [2.05, 4.69) is 38.4 Å². The number of ether oxygens (including phenoxy) is 3. The predicted molar refractivity (Wildman–Crippen MR) is 170 cm³/mol. The van der Waals surface area contributed by atoms with E-state index < -0.39 is 35.2 Å². The van der Waals surface area contributed by atoms with Gasteiger partial charge in [-0.3, -0.25) is 19.3 Å². The molecule has 6 rings (SSSR count). The Morgan fingerprint density at radius 3 is 2.75 bits per heavy atom. The average Bonchev–Trinajstić information content (AvgIpc) is 3.34. The maximum atomic E-state index is 13.3. The number of nitrogens with zero attached hydrogens (tertiary/aromatic N) is 1. The number of aromatic amines is 1. The van der Waals surface area contributed by atoms with E-state index in [1.165, 1.54) is 34.5 Å². The number of amides is 2. The molecule has 1 fully saturated rings. The number of esters is 1. The van der Waals surface area contributed by atoms with E-state index in [1.807, 2.05) is 24.3 Å². The van der Waals surface area contributed by atoms with Gasteiger partial charge in [0.05, 0.1) is 11.3 Å². The van der Waals surface area contributed by atoms with E-state index in [4.69, 9.17) is 14.2 Å². The molecular weight excluding hydrogens is 650 g/mol. The summed E-state index contributed by atoms with van der Waals surface area (Å²) in [5.74, 6) is -0.289. The van der Waals surface area contributed by atoms with Crippen molar-refractivity contribution < 1.29 is 33.7 Å². The fraction of sp³-hybridized carbons (Fsp3) is 0.406. The number of nitrogens with one attached hydrogen (secondary N) is 2. The van der Waals surface area contributed by atoms with Gasteiger partial charge in [-0.05, 0) is 81.1 Å². The van der Waals surface area contributed by atoms with Crippen LogP contribution in [0.4, 0.5) is 0 Å². The summed E-state index contributed by atoms with van der Waals surface area (Å²) in [7, 11) is 0. The minimum absolute atomic E-state index is 0.0657. The molecule has 0 radical (unpaired) electrons. The first-order valence-electron chi connectivity index (χ1n) is 14.4. The largest absolute Gasteiger partial charge is 0.484 e. The van der Waals surface area contributed by atoms with Gasteiger partial charge in [-0.15, -0.1) is 11.8 Å². The molecule has 10 nitrogen and oxygen atoms in total. The first kappa shape index (κ1) is 30.7. The number of aliphatic hydroxyl groups excluding tert-OH is 1. The number of β-lactam (4-membered cyclic amide) rings is 1. The number of halogens is 1. The number of carbonyl (C=O) groups excluding carboxylic acids is 3. The highest BCUT2D eigenvalue weighted by Crippen LogP contribution is 2.42. The molecule has 2 aliphatic heterocycles. The monoisotopic (exact) mass is 683 g/mol. The number of hydrogen-bond acceptors (Lipinski definition) is 8. The second-order valence-electron chi connectivity index (χ2n) is 12.1. The molecule has 3 aliphatic rings. The lowest BCUT2D eigenvalue weighted by molar-refractivity contribution is -0.170. The van der Waals surface area contributed by atoms with Gasteiger partial charge in [0.1, 0.15) is 23.8 Å². The summed E-state index contributed by atoms with van der Waals surface area (Å²) >= 11 is 4.99. The van der Waals surface area contributed by atoms with Gasteiger partial charge in [0.15, 0.2) is 12.9 Å². The third-order valence-electron chi connectivity index (χ3n) is 7.79. The standard InChI is InChI=1S/C32H34BrN3O7S/c1-16(37)41-13-18-15-44-30-27(29(39)36(30)28(18)31(40)43-32(2,3)4)35-25(38)14-42-20-7-9-21-17(11-20)5-8-22-23-12-19(33)6-10-24(23)34-26(21)22/h6-7,9-12,27,30-31,34,40H,5,8,13-15H2,1-4H3,(H,35,38). The van der Waals surface area contributed by atoms with Crippen molar-refractivity contribution in [2.75, 3.05) is 19.0 Å². The molecule has 3 unspecified atom stereocenters. The van der Waals surface area contributed by atoms with E-state index in [1.54, 1.807) is 20.8 Å². The van der Waals surface area contributed by atoms with Crippen LogP contribution in [0.15, 0.2) is 52.1 Å². The fourth-order valence-corrected chi connectivity index (χ4v) is 7.59. The second kappa shape index (κ2) is 11.9. The Morgan fingerprint density at radius 1 is 1.20 bits per heavy atom. The van der Waals surface area contributed by atoms with Crippen LogP contribution in [-0.4, -0.2) is 75.0 Å². The molecule has 1 aromatic heterocycles. The zero-order valence-electron chi connectivity index (χ0n) is 24.9.